The van der Waals surface area contributed by atoms with Crippen LogP contribution in [0.4, 0.5) is 4.79 Å². The Hall–Kier alpha value is -1.89. The average Bonchev–Trinajstić information content (AvgIpc) is 2.44. The van der Waals surface area contributed by atoms with Gasteiger partial charge in [-0.25, -0.2) is 9.59 Å². The molecule has 2 amide bonds. The molecule has 1 aromatic rings. The van der Waals surface area contributed by atoms with Crippen LogP contribution in [0.1, 0.15) is 15.9 Å². The molecule has 0 aliphatic heterocycles. The highest BCUT2D eigenvalue weighted by Crippen LogP contribution is 2.10. The van der Waals surface area contributed by atoms with Gasteiger partial charge in [-0.3, -0.25) is 4.21 Å². The SMILES string of the molecule is CN(CCc1ccccc1C(=O)O)C(=O)NCCS(C)=O. The van der Waals surface area contributed by atoms with Gasteiger partial charge in [-0.05, 0) is 18.1 Å². The molecule has 7 heteroatoms. The molecule has 0 heterocycles. The van der Waals surface area contributed by atoms with Crippen LogP contribution in [0.3, 0.4) is 0 Å². The number of amides is 2. The summed E-state index contributed by atoms with van der Waals surface area (Å²) in [5.41, 5.74) is 0.951. The van der Waals surface area contributed by atoms with E-state index in [0.29, 0.717) is 30.8 Å². The Labute approximate surface area is 126 Å². The van der Waals surface area contributed by atoms with Crippen molar-refractivity contribution in [3.05, 3.63) is 35.4 Å². The molecule has 0 aliphatic rings. The molecule has 0 fully saturated rings. The van der Waals surface area contributed by atoms with Crippen LogP contribution >= 0.6 is 0 Å². The lowest BCUT2D eigenvalue weighted by Crippen LogP contribution is -2.40. The second kappa shape index (κ2) is 8.41. The van der Waals surface area contributed by atoms with Gasteiger partial charge >= 0.3 is 12.0 Å². The van der Waals surface area contributed by atoms with Crippen molar-refractivity contribution in [3.63, 3.8) is 0 Å². The Morgan fingerprint density at radius 2 is 2.00 bits per heavy atom. The first kappa shape index (κ1) is 17.2. The molecule has 0 aliphatic carbocycles. The zero-order chi connectivity index (χ0) is 15.8. The fraction of sp³-hybridized carbons (Fsp3) is 0.429. The van der Waals surface area contributed by atoms with E-state index in [1.807, 2.05) is 0 Å². The van der Waals surface area contributed by atoms with Gasteiger partial charge in [0.1, 0.15) is 0 Å². The number of nitrogens with one attached hydrogen (secondary N) is 1. The van der Waals surface area contributed by atoms with Crippen LogP contribution in [0.2, 0.25) is 0 Å². The van der Waals surface area contributed by atoms with Gasteiger partial charge in [0.05, 0.1) is 5.56 Å². The zero-order valence-corrected chi connectivity index (χ0v) is 13.0. The van der Waals surface area contributed by atoms with E-state index in [1.54, 1.807) is 37.6 Å². The molecular formula is C14H20N2O4S. The standard InChI is InChI=1S/C14H20N2O4S/c1-16(14(19)15-8-10-21(2)20)9-7-11-5-3-4-6-12(11)13(17)18/h3-6H,7-10H2,1-2H3,(H,15,19)(H,17,18). The second-order valence-corrected chi connectivity index (χ2v) is 6.20. The van der Waals surface area contributed by atoms with E-state index in [1.165, 1.54) is 4.90 Å². The van der Waals surface area contributed by atoms with Crippen molar-refractivity contribution in [2.24, 2.45) is 0 Å². The second-order valence-electron chi connectivity index (χ2n) is 4.64. The van der Waals surface area contributed by atoms with Gasteiger partial charge in [0.2, 0.25) is 0 Å². The lowest BCUT2D eigenvalue weighted by atomic mass is 10.0. The maximum absolute atomic E-state index is 11.8. The van der Waals surface area contributed by atoms with Gasteiger partial charge in [0.25, 0.3) is 0 Å². The smallest absolute Gasteiger partial charge is 0.335 e. The van der Waals surface area contributed by atoms with Crippen LogP contribution in [0.25, 0.3) is 0 Å². The van der Waals surface area contributed by atoms with Crippen molar-refractivity contribution >= 4 is 22.8 Å². The van der Waals surface area contributed by atoms with Gasteiger partial charge in [-0.15, -0.1) is 0 Å². The normalized spacial score (nSPS) is 11.7. The quantitative estimate of drug-likeness (QED) is 0.785. The van der Waals surface area contributed by atoms with Crippen LogP contribution < -0.4 is 5.32 Å². The zero-order valence-electron chi connectivity index (χ0n) is 12.2. The number of carbonyl (C=O) groups excluding carboxylic acids is 1. The van der Waals surface area contributed by atoms with Gasteiger partial charge in [-0.1, -0.05) is 18.2 Å². The molecule has 1 unspecified atom stereocenters. The molecule has 6 nitrogen and oxygen atoms in total. The van der Waals surface area contributed by atoms with Crippen LogP contribution in [-0.2, 0) is 17.2 Å². The molecule has 0 saturated heterocycles. The van der Waals surface area contributed by atoms with E-state index >= 15 is 0 Å². The lowest BCUT2D eigenvalue weighted by Gasteiger charge is -2.18. The highest BCUT2D eigenvalue weighted by molar-refractivity contribution is 7.84. The van der Waals surface area contributed by atoms with E-state index in [2.05, 4.69) is 5.32 Å². The molecule has 1 rings (SSSR count). The number of carboxylic acid groups (broad SMARTS) is 1. The molecule has 1 atom stereocenters. The number of likely N-dealkylation sites (N-methyl/N-ethyl adjacent to an activating group) is 1. The molecule has 0 spiro atoms. The van der Waals surface area contributed by atoms with Crippen LogP contribution in [0.15, 0.2) is 24.3 Å². The van der Waals surface area contributed by atoms with Crippen molar-refractivity contribution in [3.8, 4) is 0 Å². The molecule has 0 radical (unpaired) electrons. The first-order valence-electron chi connectivity index (χ1n) is 6.52. The third kappa shape index (κ3) is 5.95. The van der Waals surface area contributed by atoms with Crippen LogP contribution in [-0.4, -0.2) is 58.4 Å². The number of hydrogen-bond acceptors (Lipinski definition) is 3. The van der Waals surface area contributed by atoms with Crippen molar-refractivity contribution < 1.29 is 18.9 Å². The van der Waals surface area contributed by atoms with E-state index in [9.17, 15) is 13.8 Å². The Balaban J connectivity index is 2.49. The number of aromatic carboxylic acids is 1. The predicted molar refractivity (Wildman–Crippen MR) is 82.1 cm³/mol. The minimum atomic E-state index is -0.969. The first-order valence-corrected chi connectivity index (χ1v) is 8.24. The van der Waals surface area contributed by atoms with E-state index in [4.69, 9.17) is 5.11 Å². The Morgan fingerprint density at radius 3 is 2.62 bits per heavy atom. The van der Waals surface area contributed by atoms with E-state index < -0.39 is 16.8 Å². The number of rotatable bonds is 7. The minimum absolute atomic E-state index is 0.256. The Kier molecular flexibility index (Phi) is 6.87. The minimum Gasteiger partial charge on any atom is -0.478 e. The molecule has 2 N–H and O–H groups in total. The summed E-state index contributed by atoms with van der Waals surface area (Å²) < 4.78 is 10.9. The molecule has 0 saturated carbocycles. The maximum atomic E-state index is 11.8. The summed E-state index contributed by atoms with van der Waals surface area (Å²) >= 11 is 0. The van der Waals surface area contributed by atoms with Crippen molar-refractivity contribution in [1.29, 1.82) is 0 Å². The summed E-state index contributed by atoms with van der Waals surface area (Å²) in [5.74, 6) is -0.551. The van der Waals surface area contributed by atoms with Gasteiger partial charge < -0.3 is 15.3 Å². The summed E-state index contributed by atoms with van der Waals surface area (Å²) in [6.45, 7) is 0.767. The summed E-state index contributed by atoms with van der Waals surface area (Å²) in [6.07, 6.45) is 2.05. The van der Waals surface area contributed by atoms with E-state index in [0.717, 1.165) is 0 Å². The fourth-order valence-corrected chi connectivity index (χ4v) is 2.16. The number of urea groups is 1. The third-order valence-corrected chi connectivity index (χ3v) is 3.76. The largest absolute Gasteiger partial charge is 0.478 e. The van der Waals surface area contributed by atoms with Gasteiger partial charge in [0.15, 0.2) is 0 Å². The number of benzene rings is 1. The van der Waals surface area contributed by atoms with Crippen LogP contribution in [0.5, 0.6) is 0 Å². The maximum Gasteiger partial charge on any atom is 0.335 e. The summed E-state index contributed by atoms with van der Waals surface area (Å²) in [7, 11) is 0.705. The molecule has 1 aromatic carbocycles. The van der Waals surface area contributed by atoms with Gasteiger partial charge in [-0.2, -0.15) is 0 Å². The average molecular weight is 312 g/mol. The van der Waals surface area contributed by atoms with Crippen LogP contribution in [0, 0.1) is 0 Å². The molecule has 0 bridgehead atoms. The number of hydrogen-bond donors (Lipinski definition) is 2. The lowest BCUT2D eigenvalue weighted by molar-refractivity contribution is 0.0695. The molecule has 0 aromatic heterocycles. The number of carboxylic acids is 1. The molecular weight excluding hydrogens is 292 g/mol. The fourth-order valence-electron chi connectivity index (χ4n) is 1.77. The highest BCUT2D eigenvalue weighted by Gasteiger charge is 2.12. The number of nitrogens with zero attached hydrogens (tertiary/aromatic N) is 1. The Morgan fingerprint density at radius 1 is 1.33 bits per heavy atom. The van der Waals surface area contributed by atoms with Crippen molar-refractivity contribution in [1.82, 2.24) is 10.2 Å². The van der Waals surface area contributed by atoms with E-state index in [-0.39, 0.29) is 11.6 Å². The predicted octanol–water partition coefficient (Wildman–Crippen LogP) is 0.947. The molecule has 21 heavy (non-hydrogen) atoms. The monoisotopic (exact) mass is 312 g/mol. The highest BCUT2D eigenvalue weighted by atomic mass is 32.2. The van der Waals surface area contributed by atoms with Crippen molar-refractivity contribution in [2.45, 2.75) is 6.42 Å². The summed E-state index contributed by atoms with van der Waals surface area (Å²) in [5, 5.41) is 11.8. The van der Waals surface area contributed by atoms with Crippen molar-refractivity contribution in [2.75, 3.05) is 32.1 Å². The third-order valence-electron chi connectivity index (χ3n) is 2.98. The Bertz CT molecular complexity index is 533. The summed E-state index contributed by atoms with van der Waals surface area (Å²) in [4.78, 5) is 24.3. The van der Waals surface area contributed by atoms with Gasteiger partial charge in [0, 0.05) is 42.9 Å². The topological polar surface area (TPSA) is 86.7 Å². The first-order chi connectivity index (χ1) is 9.91. The summed E-state index contributed by atoms with van der Waals surface area (Å²) in [6, 6.07) is 6.49. The molecule has 116 valence electrons. The number of carbonyl (C=O) groups is 2.